The number of para-hydroxylation sites is 2. The molecule has 4 nitrogen and oxygen atoms in total. The zero-order chi connectivity index (χ0) is 18.1. The zero-order valence-corrected chi connectivity index (χ0v) is 15.4. The predicted molar refractivity (Wildman–Crippen MR) is 101 cm³/mol. The first-order valence-electron chi connectivity index (χ1n) is 8.49. The van der Waals surface area contributed by atoms with Gasteiger partial charge in [0, 0.05) is 6.61 Å². The van der Waals surface area contributed by atoms with Gasteiger partial charge in [0.05, 0.1) is 12.3 Å². The maximum atomic E-state index is 13.1. The van der Waals surface area contributed by atoms with Gasteiger partial charge in [-0.2, -0.15) is 0 Å². The Morgan fingerprint density at radius 1 is 1.08 bits per heavy atom. The van der Waals surface area contributed by atoms with Crippen molar-refractivity contribution in [3.8, 4) is 5.75 Å². The fourth-order valence-corrected chi connectivity index (χ4v) is 2.67. The maximum absolute atomic E-state index is 13.1. The van der Waals surface area contributed by atoms with Gasteiger partial charge in [0.25, 0.3) is 5.91 Å². The minimum absolute atomic E-state index is 0.132. The number of alkyl halides is 1. The van der Waals surface area contributed by atoms with E-state index in [0.29, 0.717) is 24.7 Å². The summed E-state index contributed by atoms with van der Waals surface area (Å²) >= 11 is 6.46. The molecule has 0 bridgehead atoms. The van der Waals surface area contributed by atoms with Gasteiger partial charge in [-0.05, 0) is 31.0 Å². The first-order valence-corrected chi connectivity index (χ1v) is 8.92. The summed E-state index contributed by atoms with van der Waals surface area (Å²) in [5.74, 6) is 0.395. The van der Waals surface area contributed by atoms with E-state index in [1.807, 2.05) is 68.4 Å². The molecule has 0 aliphatic carbocycles. The second-order valence-corrected chi connectivity index (χ2v) is 5.91. The molecule has 0 aliphatic rings. The zero-order valence-electron chi connectivity index (χ0n) is 14.7. The Balaban J connectivity index is 2.30. The second kappa shape index (κ2) is 10.1. The number of benzene rings is 2. The van der Waals surface area contributed by atoms with Crippen LogP contribution in [0.3, 0.4) is 0 Å². The molecule has 0 saturated heterocycles. The van der Waals surface area contributed by atoms with Gasteiger partial charge in [-0.25, -0.2) is 0 Å². The van der Waals surface area contributed by atoms with Crippen LogP contribution in [0.5, 0.6) is 5.75 Å². The van der Waals surface area contributed by atoms with Gasteiger partial charge in [0.2, 0.25) is 0 Å². The van der Waals surface area contributed by atoms with Gasteiger partial charge in [0.15, 0.2) is 0 Å². The Morgan fingerprint density at radius 2 is 1.76 bits per heavy atom. The number of hydrogen-bond acceptors (Lipinski definition) is 3. The molecule has 0 N–H and O–H groups in total. The van der Waals surface area contributed by atoms with Crippen molar-refractivity contribution in [3.05, 3.63) is 60.2 Å². The average molecular weight is 362 g/mol. The van der Waals surface area contributed by atoms with Gasteiger partial charge in [-0.1, -0.05) is 49.4 Å². The van der Waals surface area contributed by atoms with Gasteiger partial charge < -0.3 is 9.47 Å². The van der Waals surface area contributed by atoms with E-state index in [1.165, 1.54) is 0 Å². The minimum Gasteiger partial charge on any atom is -0.492 e. The van der Waals surface area contributed by atoms with Crippen molar-refractivity contribution in [2.75, 3.05) is 24.8 Å². The van der Waals surface area contributed by atoms with Crippen LogP contribution in [0.1, 0.15) is 31.2 Å². The summed E-state index contributed by atoms with van der Waals surface area (Å²) in [7, 11) is 0. The van der Waals surface area contributed by atoms with Crippen LogP contribution in [0.25, 0.3) is 0 Å². The molecule has 0 spiro atoms. The van der Waals surface area contributed by atoms with E-state index in [0.717, 1.165) is 12.0 Å². The van der Waals surface area contributed by atoms with E-state index in [1.54, 1.807) is 4.90 Å². The quantitative estimate of drug-likeness (QED) is 0.366. The lowest BCUT2D eigenvalue weighted by Crippen LogP contribution is -2.36. The highest BCUT2D eigenvalue weighted by Gasteiger charge is 2.27. The fourth-order valence-electron chi connectivity index (χ4n) is 2.41. The molecule has 1 unspecified atom stereocenters. The summed E-state index contributed by atoms with van der Waals surface area (Å²) in [6, 6.07) is 16.7. The number of carbonyl (C=O) groups excluding carboxylic acids is 1. The maximum Gasteiger partial charge on any atom is 0.251 e. The second-order valence-electron chi connectivity index (χ2n) is 5.48. The molecule has 0 heterocycles. The number of nitrogens with zero attached hydrogens (tertiary/aromatic N) is 1. The Hall–Kier alpha value is -2.04. The van der Waals surface area contributed by atoms with Crippen molar-refractivity contribution < 1.29 is 14.3 Å². The number of anilines is 1. The number of amides is 1. The van der Waals surface area contributed by atoms with Crippen LogP contribution in [-0.2, 0) is 9.53 Å². The molecular weight excluding hydrogens is 338 g/mol. The molecular formula is C20H24ClNO3. The van der Waals surface area contributed by atoms with E-state index in [2.05, 4.69) is 0 Å². The van der Waals surface area contributed by atoms with Crippen molar-refractivity contribution in [2.45, 2.75) is 25.6 Å². The highest BCUT2D eigenvalue weighted by molar-refractivity contribution is 6.32. The standard InChI is InChI=1S/C20H24ClNO3/c1-3-14-24-15-22(17-12-8-9-13-18(17)25-4-2)20(23)19(21)16-10-6-5-7-11-16/h5-13,19H,3-4,14-15H2,1-2H3. The van der Waals surface area contributed by atoms with Gasteiger partial charge >= 0.3 is 0 Å². The third kappa shape index (κ3) is 5.21. The van der Waals surface area contributed by atoms with E-state index in [9.17, 15) is 4.79 Å². The molecule has 0 aliphatic heterocycles. The van der Waals surface area contributed by atoms with Crippen molar-refractivity contribution in [3.63, 3.8) is 0 Å². The van der Waals surface area contributed by atoms with E-state index in [4.69, 9.17) is 21.1 Å². The Labute approximate surface area is 154 Å². The van der Waals surface area contributed by atoms with Crippen LogP contribution >= 0.6 is 11.6 Å². The van der Waals surface area contributed by atoms with Crippen molar-refractivity contribution in [2.24, 2.45) is 0 Å². The van der Waals surface area contributed by atoms with E-state index >= 15 is 0 Å². The number of rotatable bonds is 9. The number of hydrogen-bond donors (Lipinski definition) is 0. The Morgan fingerprint density at radius 3 is 2.44 bits per heavy atom. The molecule has 134 valence electrons. The third-order valence-electron chi connectivity index (χ3n) is 3.60. The summed E-state index contributed by atoms with van der Waals surface area (Å²) in [5.41, 5.74) is 1.41. The van der Waals surface area contributed by atoms with Crippen molar-refractivity contribution in [1.82, 2.24) is 0 Å². The lowest BCUT2D eigenvalue weighted by atomic mass is 10.1. The highest BCUT2D eigenvalue weighted by atomic mass is 35.5. The fraction of sp³-hybridized carbons (Fsp3) is 0.350. The molecule has 1 atom stereocenters. The minimum atomic E-state index is -0.791. The molecule has 0 fully saturated rings. The summed E-state index contributed by atoms with van der Waals surface area (Å²) in [6.45, 7) is 5.14. The molecule has 0 radical (unpaired) electrons. The molecule has 0 aromatic heterocycles. The van der Waals surface area contributed by atoms with Gasteiger partial charge in [-0.15, -0.1) is 11.6 Å². The lowest BCUT2D eigenvalue weighted by molar-refractivity contribution is -0.119. The normalized spacial score (nSPS) is 11.8. The molecule has 25 heavy (non-hydrogen) atoms. The van der Waals surface area contributed by atoms with E-state index < -0.39 is 5.38 Å². The van der Waals surface area contributed by atoms with Gasteiger partial charge in [0.1, 0.15) is 17.9 Å². The van der Waals surface area contributed by atoms with Crippen LogP contribution in [0.15, 0.2) is 54.6 Å². The number of halogens is 1. The van der Waals surface area contributed by atoms with Gasteiger partial charge in [-0.3, -0.25) is 9.69 Å². The van der Waals surface area contributed by atoms with Crippen LogP contribution in [0.2, 0.25) is 0 Å². The van der Waals surface area contributed by atoms with Crippen LogP contribution in [-0.4, -0.2) is 25.9 Å². The van der Waals surface area contributed by atoms with Crippen molar-refractivity contribution >= 4 is 23.2 Å². The lowest BCUT2D eigenvalue weighted by Gasteiger charge is -2.26. The summed E-state index contributed by atoms with van der Waals surface area (Å²) in [6.07, 6.45) is 0.873. The molecule has 0 saturated carbocycles. The monoisotopic (exact) mass is 361 g/mol. The Kier molecular flexibility index (Phi) is 7.76. The summed E-state index contributed by atoms with van der Waals surface area (Å²) < 4.78 is 11.3. The van der Waals surface area contributed by atoms with Crippen LogP contribution < -0.4 is 9.64 Å². The predicted octanol–water partition coefficient (Wildman–Crippen LogP) is 4.78. The smallest absolute Gasteiger partial charge is 0.251 e. The highest BCUT2D eigenvalue weighted by Crippen LogP contribution is 2.32. The number of carbonyl (C=O) groups is 1. The molecule has 2 rings (SSSR count). The first-order chi connectivity index (χ1) is 12.2. The largest absolute Gasteiger partial charge is 0.492 e. The summed E-state index contributed by atoms with van der Waals surface area (Å²) in [5, 5.41) is -0.791. The number of ether oxygens (including phenoxy) is 2. The van der Waals surface area contributed by atoms with Crippen LogP contribution in [0.4, 0.5) is 5.69 Å². The first kappa shape index (κ1) is 19.3. The molecule has 5 heteroatoms. The SMILES string of the molecule is CCCOCN(C(=O)C(Cl)c1ccccc1)c1ccccc1OCC. The Bertz CT molecular complexity index is 663. The molecule has 1 amide bonds. The topological polar surface area (TPSA) is 38.8 Å². The van der Waals surface area contributed by atoms with Crippen LogP contribution in [0, 0.1) is 0 Å². The average Bonchev–Trinajstić information content (AvgIpc) is 2.66. The third-order valence-corrected chi connectivity index (χ3v) is 4.04. The summed E-state index contributed by atoms with van der Waals surface area (Å²) in [4.78, 5) is 14.6. The van der Waals surface area contributed by atoms with E-state index in [-0.39, 0.29) is 12.6 Å². The van der Waals surface area contributed by atoms with Crippen molar-refractivity contribution in [1.29, 1.82) is 0 Å². The molecule has 2 aromatic rings. The molecule has 2 aromatic carbocycles.